The molecule has 1 atom stereocenters. The number of thiocarbonyl (C=S) groups is 1. The molecule has 2 aromatic carbocycles. The summed E-state index contributed by atoms with van der Waals surface area (Å²) < 4.78 is 5.72. The summed E-state index contributed by atoms with van der Waals surface area (Å²) in [4.78, 5) is 18.1. The lowest BCUT2D eigenvalue weighted by Crippen LogP contribution is -2.42. The van der Waals surface area contributed by atoms with E-state index in [1.807, 2.05) is 37.3 Å². The average Bonchev–Trinajstić information content (AvgIpc) is 3.29. The Morgan fingerprint density at radius 3 is 2.68 bits per heavy atom. The first kappa shape index (κ1) is 21.5. The molecule has 4 rings (SSSR count). The van der Waals surface area contributed by atoms with Gasteiger partial charge in [-0.05, 0) is 61.7 Å². The minimum atomic E-state index is -0.0683. The van der Waals surface area contributed by atoms with Gasteiger partial charge >= 0.3 is 0 Å². The third kappa shape index (κ3) is 5.14. The summed E-state index contributed by atoms with van der Waals surface area (Å²) in [7, 11) is 0. The molecule has 0 saturated carbocycles. The highest BCUT2D eigenvalue weighted by atomic mass is 32.1. The SMILES string of the molecule is Cc1ccc(C)c2[nH]c(=O)c(CN(Cc3ccccc3)C(=S)NCC3CCCO3)cc12. The number of hydrogen-bond donors (Lipinski definition) is 2. The van der Waals surface area contributed by atoms with Gasteiger partial charge in [-0.2, -0.15) is 0 Å². The molecular weight excluding hydrogens is 406 g/mol. The van der Waals surface area contributed by atoms with Gasteiger partial charge in [-0.1, -0.05) is 42.5 Å². The number of benzene rings is 2. The molecule has 1 fully saturated rings. The lowest BCUT2D eigenvalue weighted by molar-refractivity contribution is 0.113. The van der Waals surface area contributed by atoms with Crippen molar-refractivity contribution in [1.82, 2.24) is 15.2 Å². The Kier molecular flexibility index (Phi) is 6.68. The zero-order valence-corrected chi connectivity index (χ0v) is 18.9. The summed E-state index contributed by atoms with van der Waals surface area (Å²) in [6.45, 7) is 6.66. The van der Waals surface area contributed by atoms with Crippen molar-refractivity contribution < 1.29 is 4.74 Å². The number of rotatable bonds is 6. The average molecular weight is 436 g/mol. The predicted octanol–water partition coefficient (Wildman–Crippen LogP) is 4.20. The molecule has 0 bridgehead atoms. The van der Waals surface area contributed by atoms with Crippen molar-refractivity contribution in [2.24, 2.45) is 0 Å². The number of aromatic amines is 1. The van der Waals surface area contributed by atoms with Crippen LogP contribution in [-0.2, 0) is 17.8 Å². The van der Waals surface area contributed by atoms with Gasteiger partial charge in [-0.25, -0.2) is 0 Å². The lowest BCUT2D eigenvalue weighted by Gasteiger charge is -2.27. The lowest BCUT2D eigenvalue weighted by atomic mass is 10.0. The normalized spacial score (nSPS) is 15.9. The third-order valence-electron chi connectivity index (χ3n) is 5.89. The summed E-state index contributed by atoms with van der Waals surface area (Å²) >= 11 is 5.74. The van der Waals surface area contributed by atoms with Crippen LogP contribution in [0.4, 0.5) is 0 Å². The van der Waals surface area contributed by atoms with Crippen molar-refractivity contribution in [3.8, 4) is 0 Å². The van der Waals surface area contributed by atoms with Crippen LogP contribution in [0.25, 0.3) is 10.9 Å². The maximum absolute atomic E-state index is 12.9. The fourth-order valence-corrected chi connectivity index (χ4v) is 4.28. The van der Waals surface area contributed by atoms with E-state index in [1.54, 1.807) is 0 Å². The maximum atomic E-state index is 12.9. The largest absolute Gasteiger partial charge is 0.376 e. The number of fused-ring (bicyclic) bond motifs is 1. The standard InChI is InChI=1S/C25H29N3O2S/c1-17-10-11-18(2)23-22(17)13-20(24(29)27-23)16-28(15-19-7-4-3-5-8-19)25(31)26-14-21-9-6-12-30-21/h3-5,7-8,10-11,13,21H,6,9,12,14-16H2,1-2H3,(H,26,31)(H,27,29). The van der Waals surface area contributed by atoms with Crippen LogP contribution in [0.1, 0.15) is 35.1 Å². The Balaban J connectivity index is 1.60. The molecule has 1 aromatic heterocycles. The van der Waals surface area contributed by atoms with E-state index in [0.717, 1.165) is 47.0 Å². The van der Waals surface area contributed by atoms with Gasteiger partial charge in [0.2, 0.25) is 0 Å². The molecule has 2 N–H and O–H groups in total. The monoisotopic (exact) mass is 435 g/mol. The molecule has 31 heavy (non-hydrogen) atoms. The van der Waals surface area contributed by atoms with Crippen molar-refractivity contribution in [1.29, 1.82) is 0 Å². The van der Waals surface area contributed by atoms with E-state index in [0.29, 0.717) is 30.3 Å². The van der Waals surface area contributed by atoms with Gasteiger partial charge in [0.25, 0.3) is 5.56 Å². The third-order valence-corrected chi connectivity index (χ3v) is 6.29. The summed E-state index contributed by atoms with van der Waals surface area (Å²) in [5.74, 6) is 0. The van der Waals surface area contributed by atoms with E-state index in [1.165, 1.54) is 0 Å². The van der Waals surface area contributed by atoms with Crippen LogP contribution in [0.5, 0.6) is 0 Å². The number of pyridine rings is 1. The minimum Gasteiger partial charge on any atom is -0.376 e. The van der Waals surface area contributed by atoms with Gasteiger partial charge in [-0.3, -0.25) is 4.79 Å². The molecule has 162 valence electrons. The number of aromatic nitrogens is 1. The molecule has 3 aromatic rings. The molecule has 0 spiro atoms. The van der Waals surface area contributed by atoms with E-state index in [4.69, 9.17) is 17.0 Å². The Hall–Kier alpha value is -2.70. The molecule has 1 saturated heterocycles. The van der Waals surface area contributed by atoms with Crippen LogP contribution in [0.15, 0.2) is 53.3 Å². The fraction of sp³-hybridized carbons (Fsp3) is 0.360. The van der Waals surface area contributed by atoms with Gasteiger partial charge in [0.1, 0.15) is 0 Å². The Labute approximate surface area is 188 Å². The quantitative estimate of drug-likeness (QED) is 0.569. The van der Waals surface area contributed by atoms with Gasteiger partial charge in [0.15, 0.2) is 5.11 Å². The van der Waals surface area contributed by atoms with Crippen molar-refractivity contribution in [2.45, 2.75) is 45.9 Å². The number of nitrogens with one attached hydrogen (secondary N) is 2. The Morgan fingerprint density at radius 2 is 1.94 bits per heavy atom. The molecular formula is C25H29N3O2S. The summed E-state index contributed by atoms with van der Waals surface area (Å²) in [6.07, 6.45) is 2.35. The van der Waals surface area contributed by atoms with E-state index < -0.39 is 0 Å². The second-order valence-corrected chi connectivity index (χ2v) is 8.66. The van der Waals surface area contributed by atoms with E-state index >= 15 is 0 Å². The molecule has 0 aliphatic carbocycles. The van der Waals surface area contributed by atoms with Crippen LogP contribution in [0.3, 0.4) is 0 Å². The number of aryl methyl sites for hydroxylation is 2. The summed E-state index contributed by atoms with van der Waals surface area (Å²) in [6, 6.07) is 16.3. The first-order chi connectivity index (χ1) is 15.0. The van der Waals surface area contributed by atoms with Gasteiger partial charge < -0.3 is 19.9 Å². The van der Waals surface area contributed by atoms with E-state index in [2.05, 4.69) is 40.3 Å². The van der Waals surface area contributed by atoms with Crippen LogP contribution < -0.4 is 10.9 Å². The highest BCUT2D eigenvalue weighted by Gasteiger charge is 2.19. The van der Waals surface area contributed by atoms with Gasteiger partial charge in [0.05, 0.1) is 18.2 Å². The topological polar surface area (TPSA) is 57.4 Å². The minimum absolute atomic E-state index is 0.0683. The smallest absolute Gasteiger partial charge is 0.253 e. The summed E-state index contributed by atoms with van der Waals surface area (Å²) in [5.41, 5.74) is 4.90. The van der Waals surface area contributed by atoms with Crippen LogP contribution >= 0.6 is 12.2 Å². The first-order valence-corrected chi connectivity index (χ1v) is 11.2. The van der Waals surface area contributed by atoms with Crippen molar-refractivity contribution in [3.63, 3.8) is 0 Å². The first-order valence-electron chi connectivity index (χ1n) is 10.8. The highest BCUT2D eigenvalue weighted by Crippen LogP contribution is 2.20. The van der Waals surface area contributed by atoms with Gasteiger partial charge in [-0.15, -0.1) is 0 Å². The molecule has 6 heteroatoms. The number of hydrogen-bond acceptors (Lipinski definition) is 3. The number of H-pyrrole nitrogens is 1. The molecule has 1 aliphatic rings. The van der Waals surface area contributed by atoms with Crippen LogP contribution in [-0.4, -0.2) is 34.3 Å². The number of nitrogens with zero attached hydrogens (tertiary/aromatic N) is 1. The molecule has 2 heterocycles. The molecule has 5 nitrogen and oxygen atoms in total. The predicted molar refractivity (Wildman–Crippen MR) is 129 cm³/mol. The Morgan fingerprint density at radius 1 is 1.16 bits per heavy atom. The van der Waals surface area contributed by atoms with Crippen molar-refractivity contribution in [3.05, 3.63) is 81.1 Å². The maximum Gasteiger partial charge on any atom is 0.253 e. The van der Waals surface area contributed by atoms with Crippen LogP contribution in [0, 0.1) is 13.8 Å². The second-order valence-electron chi connectivity index (χ2n) is 8.27. The highest BCUT2D eigenvalue weighted by molar-refractivity contribution is 7.80. The van der Waals surface area contributed by atoms with Crippen molar-refractivity contribution >= 4 is 28.2 Å². The van der Waals surface area contributed by atoms with E-state index in [9.17, 15) is 4.79 Å². The van der Waals surface area contributed by atoms with Gasteiger partial charge in [0, 0.05) is 30.6 Å². The van der Waals surface area contributed by atoms with E-state index in [-0.39, 0.29) is 11.7 Å². The van der Waals surface area contributed by atoms with Crippen molar-refractivity contribution in [2.75, 3.05) is 13.2 Å². The molecule has 1 unspecified atom stereocenters. The summed E-state index contributed by atoms with van der Waals surface area (Å²) in [5, 5.41) is 5.08. The molecule has 1 aliphatic heterocycles. The Bertz CT molecular complexity index is 1120. The molecule has 0 amide bonds. The fourth-order valence-electron chi connectivity index (χ4n) is 4.06. The zero-order chi connectivity index (χ0) is 21.8. The molecule has 0 radical (unpaired) electrons. The number of ether oxygens (including phenoxy) is 1. The second kappa shape index (κ2) is 9.62. The van der Waals surface area contributed by atoms with Crippen LogP contribution in [0.2, 0.25) is 0 Å². The zero-order valence-electron chi connectivity index (χ0n) is 18.1.